The van der Waals surface area contributed by atoms with Gasteiger partial charge in [0.05, 0.1) is 13.2 Å². The second-order valence-electron chi connectivity index (χ2n) is 9.62. The molecule has 1 aliphatic heterocycles. The van der Waals surface area contributed by atoms with Crippen molar-refractivity contribution in [3.8, 4) is 11.8 Å². The predicted molar refractivity (Wildman–Crippen MR) is 120 cm³/mol. The molecule has 3 amide bonds. The Hall–Kier alpha value is -3.58. The normalized spacial score (nSPS) is 28.6. The molecule has 34 heavy (non-hydrogen) atoms. The van der Waals surface area contributed by atoms with Crippen LogP contribution in [0.25, 0.3) is 10.9 Å². The van der Waals surface area contributed by atoms with Crippen molar-refractivity contribution in [1.82, 2.24) is 20.9 Å². The lowest BCUT2D eigenvalue weighted by molar-refractivity contribution is -0.126. The molecule has 0 spiro atoms. The number of amides is 3. The van der Waals surface area contributed by atoms with Gasteiger partial charge in [0.1, 0.15) is 29.3 Å². The molecule has 5 atom stereocenters. The lowest BCUT2D eigenvalue weighted by Gasteiger charge is -2.27. The number of nitrogens with one attached hydrogen (secondary N) is 4. The van der Waals surface area contributed by atoms with E-state index < -0.39 is 41.5 Å². The average molecular weight is 466 g/mol. The first-order chi connectivity index (χ1) is 16.3. The van der Waals surface area contributed by atoms with Crippen LogP contribution in [0.1, 0.15) is 42.6 Å². The van der Waals surface area contributed by atoms with Crippen molar-refractivity contribution in [3.05, 3.63) is 30.0 Å². The topological polar surface area (TPSA) is 156 Å². The molecule has 0 radical (unpaired) electrons. The number of hydrogen-bond donors (Lipinski definition) is 5. The Kier molecular flexibility index (Phi) is 5.44. The average Bonchev–Trinajstić information content (AvgIpc) is 3.29. The summed E-state index contributed by atoms with van der Waals surface area (Å²) < 4.78 is 5.35. The van der Waals surface area contributed by atoms with Crippen LogP contribution >= 0.6 is 0 Å². The monoisotopic (exact) mass is 465 g/mol. The number of H-pyrrole nitrogens is 1. The van der Waals surface area contributed by atoms with Gasteiger partial charge in [0.2, 0.25) is 11.8 Å². The minimum absolute atomic E-state index is 0.134. The van der Waals surface area contributed by atoms with Crippen molar-refractivity contribution < 1.29 is 24.2 Å². The van der Waals surface area contributed by atoms with E-state index in [0.29, 0.717) is 23.8 Å². The number of aromatic nitrogens is 1. The van der Waals surface area contributed by atoms with Crippen LogP contribution in [-0.4, -0.2) is 52.7 Å². The molecule has 3 aliphatic rings. The molecule has 1 unspecified atom stereocenters. The number of carbonyl (C=O) groups is 3. The van der Waals surface area contributed by atoms with Crippen molar-refractivity contribution >= 4 is 28.6 Å². The van der Waals surface area contributed by atoms with E-state index >= 15 is 0 Å². The zero-order valence-electron chi connectivity index (χ0n) is 18.8. The van der Waals surface area contributed by atoms with Crippen LogP contribution in [0.3, 0.4) is 0 Å². The van der Waals surface area contributed by atoms with Gasteiger partial charge in [0, 0.05) is 22.7 Å². The molecule has 2 heterocycles. The molecule has 2 saturated carbocycles. The van der Waals surface area contributed by atoms with E-state index in [2.05, 4.69) is 27.0 Å². The van der Waals surface area contributed by atoms with E-state index in [0.717, 1.165) is 23.7 Å². The first-order valence-electron chi connectivity index (χ1n) is 11.5. The fraction of sp³-hybridized carbons (Fsp3) is 0.500. The first kappa shape index (κ1) is 22.2. The summed E-state index contributed by atoms with van der Waals surface area (Å²) in [4.78, 5) is 41.5. The first-order valence-corrected chi connectivity index (χ1v) is 11.5. The van der Waals surface area contributed by atoms with Crippen LogP contribution in [0.15, 0.2) is 24.3 Å². The number of rotatable bonds is 7. The summed E-state index contributed by atoms with van der Waals surface area (Å²) in [6.45, 7) is 0. The van der Waals surface area contributed by atoms with E-state index in [1.165, 1.54) is 0 Å². The number of aromatic amines is 1. The summed E-state index contributed by atoms with van der Waals surface area (Å²) in [5, 5.41) is 28.8. The van der Waals surface area contributed by atoms with Crippen molar-refractivity contribution in [2.45, 2.75) is 49.9 Å². The van der Waals surface area contributed by atoms with Gasteiger partial charge in [0.15, 0.2) is 0 Å². The van der Waals surface area contributed by atoms with E-state index in [-0.39, 0.29) is 18.7 Å². The van der Waals surface area contributed by atoms with Gasteiger partial charge < -0.3 is 30.8 Å². The standard InChI is InChI=1S/C24H27N5O5/c1-34-19-4-2-3-16-13(19)8-18(26-16)22(32)27-17(7-12-5-6-12)23(33)29-24(11-25)9-14-15(10-24)21(31)28-20(14)30/h2-4,8,12,14-15,17,20,26,30H,5-7,9-10H2,1H3,(H,27,32)(H,28,31)(H,29,33)/t14-,15-,17+,20?,24+/m1/s1. The van der Waals surface area contributed by atoms with Gasteiger partial charge in [-0.25, -0.2) is 0 Å². The number of carbonyl (C=O) groups excluding carboxylic acids is 3. The zero-order chi connectivity index (χ0) is 24.0. The third-order valence-corrected chi connectivity index (χ3v) is 7.25. The zero-order valence-corrected chi connectivity index (χ0v) is 18.8. The second kappa shape index (κ2) is 8.33. The number of ether oxygens (including phenoxy) is 1. The fourth-order valence-electron chi connectivity index (χ4n) is 5.26. The van der Waals surface area contributed by atoms with Crippen molar-refractivity contribution in [3.63, 3.8) is 0 Å². The Morgan fingerprint density at radius 1 is 1.35 bits per heavy atom. The molecular formula is C24H27N5O5. The van der Waals surface area contributed by atoms with Gasteiger partial charge in [-0.2, -0.15) is 5.26 Å². The van der Waals surface area contributed by atoms with E-state index in [1.807, 2.05) is 12.1 Å². The third kappa shape index (κ3) is 3.96. The number of benzene rings is 1. The lowest BCUT2D eigenvalue weighted by atomic mass is 9.95. The van der Waals surface area contributed by atoms with Crippen molar-refractivity contribution in [1.29, 1.82) is 5.26 Å². The molecule has 1 aromatic heterocycles. The number of aliphatic hydroxyl groups excluding tert-OH is 1. The Bertz CT molecular complexity index is 1200. The molecule has 3 fully saturated rings. The van der Waals surface area contributed by atoms with Gasteiger partial charge >= 0.3 is 0 Å². The quantitative estimate of drug-likeness (QED) is 0.409. The number of nitriles is 1. The summed E-state index contributed by atoms with van der Waals surface area (Å²) in [6, 6.07) is 8.48. The molecule has 5 N–H and O–H groups in total. The Labute approximate surface area is 196 Å². The summed E-state index contributed by atoms with van der Waals surface area (Å²) >= 11 is 0. The number of aliphatic hydroxyl groups is 1. The van der Waals surface area contributed by atoms with E-state index in [4.69, 9.17) is 4.74 Å². The van der Waals surface area contributed by atoms with Crippen LogP contribution < -0.4 is 20.7 Å². The molecule has 2 aromatic rings. The summed E-state index contributed by atoms with van der Waals surface area (Å²) in [5.74, 6) is -1.16. The molecule has 178 valence electrons. The maximum Gasteiger partial charge on any atom is 0.268 e. The Balaban J connectivity index is 1.33. The maximum absolute atomic E-state index is 13.3. The Morgan fingerprint density at radius 3 is 2.82 bits per heavy atom. The predicted octanol–water partition coefficient (Wildman–Crippen LogP) is 0.928. The number of nitrogens with zero attached hydrogens (tertiary/aromatic N) is 1. The number of fused-ring (bicyclic) bond motifs is 2. The molecule has 1 saturated heterocycles. The maximum atomic E-state index is 13.3. The minimum Gasteiger partial charge on any atom is -0.496 e. The third-order valence-electron chi connectivity index (χ3n) is 7.25. The highest BCUT2D eigenvalue weighted by molar-refractivity contribution is 6.01. The molecule has 0 bridgehead atoms. The molecule has 2 aliphatic carbocycles. The lowest BCUT2D eigenvalue weighted by Crippen LogP contribution is -2.55. The van der Waals surface area contributed by atoms with Crippen LogP contribution in [0.5, 0.6) is 5.75 Å². The second-order valence-corrected chi connectivity index (χ2v) is 9.62. The van der Waals surface area contributed by atoms with E-state index in [1.54, 1.807) is 19.2 Å². The van der Waals surface area contributed by atoms with Crippen LogP contribution in [0.2, 0.25) is 0 Å². The smallest absolute Gasteiger partial charge is 0.268 e. The summed E-state index contributed by atoms with van der Waals surface area (Å²) in [7, 11) is 1.56. The van der Waals surface area contributed by atoms with Crippen LogP contribution in [-0.2, 0) is 9.59 Å². The minimum atomic E-state index is -1.26. The highest BCUT2D eigenvalue weighted by Crippen LogP contribution is 2.44. The van der Waals surface area contributed by atoms with E-state index in [9.17, 15) is 24.8 Å². The van der Waals surface area contributed by atoms with Crippen LogP contribution in [0.4, 0.5) is 0 Å². The highest BCUT2D eigenvalue weighted by Gasteiger charge is 2.56. The Morgan fingerprint density at radius 2 is 2.15 bits per heavy atom. The molecule has 1 aromatic carbocycles. The fourth-order valence-corrected chi connectivity index (χ4v) is 5.26. The molecule has 10 heteroatoms. The molecule has 10 nitrogen and oxygen atoms in total. The van der Waals surface area contributed by atoms with Gasteiger partial charge in [-0.15, -0.1) is 0 Å². The molecule has 5 rings (SSSR count). The van der Waals surface area contributed by atoms with Crippen molar-refractivity contribution in [2.75, 3.05) is 7.11 Å². The SMILES string of the molecule is COc1cccc2[nH]c(C(=O)N[C@@H](CC3CC3)C(=O)N[C@]3(C#N)C[C@H]4C(=O)NC(O)[C@@H]4C3)cc12. The molecular weight excluding hydrogens is 438 g/mol. The number of hydrogen-bond acceptors (Lipinski definition) is 6. The largest absolute Gasteiger partial charge is 0.496 e. The summed E-state index contributed by atoms with van der Waals surface area (Å²) in [6.07, 6.45) is 1.73. The number of methoxy groups -OCH3 is 1. The van der Waals surface area contributed by atoms with Gasteiger partial charge in [-0.1, -0.05) is 18.9 Å². The van der Waals surface area contributed by atoms with Gasteiger partial charge in [0.25, 0.3) is 5.91 Å². The van der Waals surface area contributed by atoms with Gasteiger partial charge in [-0.05, 0) is 43.4 Å². The van der Waals surface area contributed by atoms with Gasteiger partial charge in [-0.3, -0.25) is 14.4 Å². The summed E-state index contributed by atoms with van der Waals surface area (Å²) in [5.41, 5.74) is -0.213. The highest BCUT2D eigenvalue weighted by atomic mass is 16.5. The van der Waals surface area contributed by atoms with Crippen molar-refractivity contribution in [2.24, 2.45) is 17.8 Å². The van der Waals surface area contributed by atoms with Crippen LogP contribution in [0, 0.1) is 29.1 Å².